The first kappa shape index (κ1) is 16.5. The van der Waals surface area contributed by atoms with Gasteiger partial charge in [0.15, 0.2) is 0 Å². The quantitative estimate of drug-likeness (QED) is 0.851. The van der Waals surface area contributed by atoms with Crippen LogP contribution in [0.15, 0.2) is 18.2 Å². The summed E-state index contributed by atoms with van der Waals surface area (Å²) in [5.41, 5.74) is 0.726. The summed E-state index contributed by atoms with van der Waals surface area (Å²) >= 11 is 5.92. The SMILES string of the molecule is N#Cc1ccc(NC(=O)CN2C(=O)C3CCCCC3C2=O)cc1Cl. The van der Waals surface area contributed by atoms with E-state index in [1.807, 2.05) is 6.07 Å². The van der Waals surface area contributed by atoms with Gasteiger partial charge < -0.3 is 5.32 Å². The lowest BCUT2D eigenvalue weighted by molar-refractivity contribution is -0.142. The van der Waals surface area contributed by atoms with Crippen LogP contribution in [0.4, 0.5) is 5.69 Å². The van der Waals surface area contributed by atoms with Gasteiger partial charge in [-0.15, -0.1) is 0 Å². The molecule has 1 aliphatic heterocycles. The second kappa shape index (κ2) is 6.62. The molecule has 24 heavy (non-hydrogen) atoms. The van der Waals surface area contributed by atoms with Crippen molar-refractivity contribution < 1.29 is 14.4 Å². The molecule has 0 spiro atoms. The summed E-state index contributed by atoms with van der Waals surface area (Å²) in [4.78, 5) is 37.9. The average molecular weight is 346 g/mol. The van der Waals surface area contributed by atoms with Crippen LogP contribution in [0.3, 0.4) is 0 Å². The molecular weight excluding hydrogens is 330 g/mol. The summed E-state index contributed by atoms with van der Waals surface area (Å²) < 4.78 is 0. The number of carbonyl (C=O) groups excluding carboxylic acids is 3. The Morgan fingerprint density at radius 3 is 2.42 bits per heavy atom. The Labute approximate surface area is 144 Å². The van der Waals surface area contributed by atoms with E-state index < -0.39 is 5.91 Å². The van der Waals surface area contributed by atoms with Gasteiger partial charge in [0.1, 0.15) is 12.6 Å². The van der Waals surface area contributed by atoms with Gasteiger partial charge in [-0.2, -0.15) is 5.26 Å². The van der Waals surface area contributed by atoms with Gasteiger partial charge in [-0.3, -0.25) is 19.3 Å². The van der Waals surface area contributed by atoms with Gasteiger partial charge in [0, 0.05) is 5.69 Å². The molecule has 2 atom stereocenters. The monoisotopic (exact) mass is 345 g/mol. The number of fused-ring (bicyclic) bond motifs is 1. The molecule has 1 heterocycles. The van der Waals surface area contributed by atoms with Crippen LogP contribution in [0.25, 0.3) is 0 Å². The number of halogens is 1. The molecular formula is C17H16ClN3O3. The maximum Gasteiger partial charge on any atom is 0.244 e. The van der Waals surface area contributed by atoms with Crippen molar-refractivity contribution in [2.75, 3.05) is 11.9 Å². The molecule has 2 fully saturated rings. The molecule has 1 saturated heterocycles. The van der Waals surface area contributed by atoms with Gasteiger partial charge in [-0.1, -0.05) is 24.4 Å². The molecule has 3 amide bonds. The predicted molar refractivity (Wildman–Crippen MR) is 87.0 cm³/mol. The van der Waals surface area contributed by atoms with Gasteiger partial charge in [0.25, 0.3) is 0 Å². The zero-order valence-electron chi connectivity index (χ0n) is 12.9. The summed E-state index contributed by atoms with van der Waals surface area (Å²) in [5.74, 6) is -1.46. The normalized spacial score (nSPS) is 22.9. The number of nitriles is 1. The van der Waals surface area contributed by atoms with Crippen molar-refractivity contribution in [1.29, 1.82) is 5.26 Å². The third-order valence-electron chi connectivity index (χ3n) is 4.61. The van der Waals surface area contributed by atoms with E-state index >= 15 is 0 Å². The summed E-state index contributed by atoms with van der Waals surface area (Å²) in [6, 6.07) is 6.45. The molecule has 6 nitrogen and oxygen atoms in total. The van der Waals surface area contributed by atoms with Gasteiger partial charge in [0.2, 0.25) is 17.7 Å². The number of anilines is 1. The Hall–Kier alpha value is -2.39. The lowest BCUT2D eigenvalue weighted by Gasteiger charge is -2.19. The fraction of sp³-hybridized carbons (Fsp3) is 0.412. The highest BCUT2D eigenvalue weighted by Crippen LogP contribution is 2.37. The lowest BCUT2D eigenvalue weighted by Crippen LogP contribution is -2.38. The number of benzene rings is 1. The predicted octanol–water partition coefficient (Wildman–Crippen LogP) is 2.33. The maximum atomic E-state index is 12.3. The third kappa shape index (κ3) is 3.00. The van der Waals surface area contributed by atoms with Crippen molar-refractivity contribution in [3.63, 3.8) is 0 Å². The Morgan fingerprint density at radius 2 is 1.88 bits per heavy atom. The van der Waals surface area contributed by atoms with Crippen molar-refractivity contribution in [3.8, 4) is 6.07 Å². The van der Waals surface area contributed by atoms with E-state index in [-0.39, 0.29) is 35.2 Å². The van der Waals surface area contributed by atoms with Crippen LogP contribution in [0.5, 0.6) is 0 Å². The molecule has 1 N–H and O–H groups in total. The number of rotatable bonds is 3. The minimum Gasteiger partial charge on any atom is -0.324 e. The highest BCUT2D eigenvalue weighted by atomic mass is 35.5. The zero-order chi connectivity index (χ0) is 17.3. The molecule has 0 aromatic heterocycles. The van der Waals surface area contributed by atoms with E-state index in [4.69, 9.17) is 16.9 Å². The fourth-order valence-electron chi connectivity index (χ4n) is 3.41. The summed E-state index contributed by atoms with van der Waals surface area (Å²) in [5, 5.41) is 11.7. The van der Waals surface area contributed by atoms with Crippen LogP contribution < -0.4 is 5.32 Å². The minimum absolute atomic E-state index is 0.231. The molecule has 1 saturated carbocycles. The van der Waals surface area contributed by atoms with E-state index in [0.29, 0.717) is 11.3 Å². The summed E-state index contributed by atoms with van der Waals surface area (Å²) in [7, 11) is 0. The number of nitrogens with zero attached hydrogens (tertiary/aromatic N) is 2. The van der Waals surface area contributed by atoms with E-state index in [9.17, 15) is 14.4 Å². The number of likely N-dealkylation sites (tertiary alicyclic amines) is 1. The van der Waals surface area contributed by atoms with Crippen LogP contribution in [-0.4, -0.2) is 29.2 Å². The molecule has 1 aromatic rings. The van der Waals surface area contributed by atoms with Gasteiger partial charge in [-0.25, -0.2) is 0 Å². The Morgan fingerprint density at radius 1 is 1.25 bits per heavy atom. The maximum absolute atomic E-state index is 12.3. The second-order valence-electron chi connectivity index (χ2n) is 6.11. The third-order valence-corrected chi connectivity index (χ3v) is 4.92. The highest BCUT2D eigenvalue weighted by Gasteiger charge is 2.48. The standard InChI is InChI=1S/C17H16ClN3O3/c18-14-7-11(6-5-10(14)8-19)20-15(22)9-21-16(23)12-3-1-2-4-13(12)17(21)24/h5-7,12-13H,1-4,9H2,(H,20,22). The van der Waals surface area contributed by atoms with E-state index in [1.54, 1.807) is 6.07 Å². The van der Waals surface area contributed by atoms with Gasteiger partial charge in [-0.05, 0) is 31.0 Å². The molecule has 3 rings (SSSR count). The second-order valence-corrected chi connectivity index (χ2v) is 6.52. The molecule has 2 aliphatic rings. The van der Waals surface area contributed by atoms with Crippen LogP contribution in [-0.2, 0) is 14.4 Å². The molecule has 0 bridgehead atoms. The number of nitrogens with one attached hydrogen (secondary N) is 1. The van der Waals surface area contributed by atoms with Gasteiger partial charge in [0.05, 0.1) is 22.4 Å². The van der Waals surface area contributed by atoms with Crippen LogP contribution in [0.2, 0.25) is 5.02 Å². The summed E-state index contributed by atoms with van der Waals surface area (Å²) in [6.07, 6.45) is 3.34. The highest BCUT2D eigenvalue weighted by molar-refractivity contribution is 6.32. The van der Waals surface area contributed by atoms with E-state index in [1.165, 1.54) is 12.1 Å². The van der Waals surface area contributed by atoms with Crippen molar-refractivity contribution in [2.45, 2.75) is 25.7 Å². The van der Waals surface area contributed by atoms with E-state index in [0.717, 1.165) is 30.6 Å². The fourth-order valence-corrected chi connectivity index (χ4v) is 3.64. The van der Waals surface area contributed by atoms with Crippen molar-refractivity contribution in [2.24, 2.45) is 11.8 Å². The van der Waals surface area contributed by atoms with Gasteiger partial charge >= 0.3 is 0 Å². The van der Waals surface area contributed by atoms with Crippen LogP contribution >= 0.6 is 11.6 Å². The Balaban J connectivity index is 1.67. The topological polar surface area (TPSA) is 90.3 Å². The Kier molecular flexibility index (Phi) is 4.54. The number of imide groups is 1. The number of hydrogen-bond donors (Lipinski definition) is 1. The first-order valence-corrected chi connectivity index (χ1v) is 8.24. The molecule has 0 radical (unpaired) electrons. The molecule has 2 unspecified atom stereocenters. The van der Waals surface area contributed by atoms with Crippen LogP contribution in [0.1, 0.15) is 31.2 Å². The van der Waals surface area contributed by atoms with Crippen LogP contribution in [0, 0.1) is 23.2 Å². The number of carbonyl (C=O) groups is 3. The van der Waals surface area contributed by atoms with Crippen molar-refractivity contribution in [1.82, 2.24) is 4.90 Å². The minimum atomic E-state index is -0.462. The first-order chi connectivity index (χ1) is 11.5. The molecule has 7 heteroatoms. The largest absolute Gasteiger partial charge is 0.324 e. The van der Waals surface area contributed by atoms with E-state index in [2.05, 4.69) is 5.32 Å². The average Bonchev–Trinajstić information content (AvgIpc) is 2.80. The Bertz CT molecular complexity index is 732. The molecule has 124 valence electrons. The number of amides is 3. The first-order valence-electron chi connectivity index (χ1n) is 7.86. The molecule has 1 aliphatic carbocycles. The van der Waals surface area contributed by atoms with Crippen molar-refractivity contribution >= 4 is 35.0 Å². The van der Waals surface area contributed by atoms with Crippen molar-refractivity contribution in [3.05, 3.63) is 28.8 Å². The summed E-state index contributed by atoms with van der Waals surface area (Å²) in [6.45, 7) is -0.289. The number of hydrogen-bond acceptors (Lipinski definition) is 4. The molecule has 1 aromatic carbocycles. The smallest absolute Gasteiger partial charge is 0.244 e. The zero-order valence-corrected chi connectivity index (χ0v) is 13.7. The lowest BCUT2D eigenvalue weighted by atomic mass is 9.81.